The maximum absolute atomic E-state index is 13.5. The lowest BCUT2D eigenvalue weighted by molar-refractivity contribution is 0.0726. The number of ether oxygens (including phenoxy) is 2. The van der Waals surface area contributed by atoms with Gasteiger partial charge < -0.3 is 29.5 Å². The van der Waals surface area contributed by atoms with Gasteiger partial charge in [-0.1, -0.05) is 72.8 Å². The predicted octanol–water partition coefficient (Wildman–Crippen LogP) is 6.13. The van der Waals surface area contributed by atoms with Crippen LogP contribution in [0.15, 0.2) is 107 Å². The molecule has 0 bridgehead atoms. The zero-order valence-electron chi connectivity index (χ0n) is 30.2. The van der Waals surface area contributed by atoms with E-state index in [0.29, 0.717) is 6.54 Å². The maximum Gasteiger partial charge on any atom is 0.288 e. The largest absolute Gasteiger partial charge is 0.455 e. The van der Waals surface area contributed by atoms with E-state index in [1.807, 2.05) is 24.3 Å². The van der Waals surface area contributed by atoms with E-state index in [9.17, 15) is 8.78 Å². The minimum atomic E-state index is -0.213. The number of likely N-dealkylation sites (N-methyl/N-ethyl adjacent to an activating group) is 1. The van der Waals surface area contributed by atoms with E-state index in [2.05, 4.69) is 75.6 Å². The van der Waals surface area contributed by atoms with E-state index < -0.39 is 0 Å². The van der Waals surface area contributed by atoms with Crippen molar-refractivity contribution in [3.63, 3.8) is 0 Å². The molecule has 8 nitrogen and oxygen atoms in total. The van der Waals surface area contributed by atoms with Gasteiger partial charge in [-0.2, -0.15) is 0 Å². The van der Waals surface area contributed by atoms with Gasteiger partial charge in [0.05, 0.1) is 25.2 Å². The van der Waals surface area contributed by atoms with Crippen molar-refractivity contribution in [2.75, 3.05) is 59.4 Å². The van der Waals surface area contributed by atoms with Crippen LogP contribution in [0.25, 0.3) is 0 Å². The van der Waals surface area contributed by atoms with Gasteiger partial charge in [-0.15, -0.1) is 0 Å². The molecular weight excluding hydrogens is 671 g/mol. The summed E-state index contributed by atoms with van der Waals surface area (Å²) < 4.78 is 39.8. The average molecular weight is 717 g/mol. The van der Waals surface area contributed by atoms with Crippen molar-refractivity contribution in [3.8, 4) is 0 Å². The summed E-state index contributed by atoms with van der Waals surface area (Å²) >= 11 is 0. The minimum absolute atomic E-state index is 0.00332. The molecule has 10 rings (SSSR count). The molecule has 6 aliphatic heterocycles. The number of amidine groups is 2. The Bertz CT molecular complexity index is 2010. The first-order chi connectivity index (χ1) is 25.9. The second kappa shape index (κ2) is 13.9. The highest BCUT2D eigenvalue weighted by atomic mass is 19.1. The van der Waals surface area contributed by atoms with E-state index in [0.717, 1.165) is 94.7 Å². The zero-order chi connectivity index (χ0) is 36.0. The summed E-state index contributed by atoms with van der Waals surface area (Å²) in [6, 6.07) is 32.1. The van der Waals surface area contributed by atoms with E-state index in [1.165, 1.54) is 46.5 Å². The van der Waals surface area contributed by atoms with Crippen molar-refractivity contribution in [1.29, 1.82) is 0 Å². The van der Waals surface area contributed by atoms with Gasteiger partial charge in [0.25, 0.3) is 12.0 Å². The molecule has 274 valence electrons. The molecule has 0 aromatic heterocycles. The van der Waals surface area contributed by atoms with Crippen molar-refractivity contribution >= 4 is 12.0 Å². The van der Waals surface area contributed by atoms with Crippen molar-refractivity contribution in [3.05, 3.63) is 142 Å². The predicted molar refractivity (Wildman–Crippen MR) is 202 cm³/mol. The first-order valence-electron chi connectivity index (χ1n) is 18.9. The molecule has 0 unspecified atom stereocenters. The summed E-state index contributed by atoms with van der Waals surface area (Å²) in [5.74, 6) is -0.424. The van der Waals surface area contributed by atoms with Crippen LogP contribution < -0.4 is 5.32 Å². The summed E-state index contributed by atoms with van der Waals surface area (Å²) in [6.07, 6.45) is 3.93. The number of likely N-dealkylation sites (tertiary alicyclic amines) is 1. The average Bonchev–Trinajstić information content (AvgIpc) is 4.01. The highest BCUT2D eigenvalue weighted by molar-refractivity contribution is 5.78. The normalized spacial score (nSPS) is 27.5. The Kier molecular flexibility index (Phi) is 8.90. The lowest BCUT2D eigenvalue weighted by Crippen LogP contribution is -2.44. The van der Waals surface area contributed by atoms with Gasteiger partial charge >= 0.3 is 0 Å². The fourth-order valence-electron chi connectivity index (χ4n) is 8.99. The Morgan fingerprint density at radius 1 is 0.642 bits per heavy atom. The van der Waals surface area contributed by atoms with Crippen LogP contribution in [-0.2, 0) is 22.3 Å². The van der Waals surface area contributed by atoms with Gasteiger partial charge in [0.1, 0.15) is 22.8 Å². The molecule has 2 spiro atoms. The molecule has 2 saturated heterocycles. The van der Waals surface area contributed by atoms with Crippen molar-refractivity contribution in [2.45, 2.75) is 49.0 Å². The number of aliphatic imine (C=N–C) groups is 2. The van der Waals surface area contributed by atoms with Crippen molar-refractivity contribution < 1.29 is 18.3 Å². The van der Waals surface area contributed by atoms with Crippen LogP contribution in [0.3, 0.4) is 0 Å². The molecule has 0 saturated carbocycles. The number of hydrogen-bond acceptors (Lipinski definition) is 8. The maximum atomic E-state index is 13.5. The first-order valence-corrected chi connectivity index (χ1v) is 18.9. The van der Waals surface area contributed by atoms with Crippen LogP contribution in [-0.4, -0.2) is 97.4 Å². The summed E-state index contributed by atoms with van der Waals surface area (Å²) in [4.78, 5) is 16.4. The Morgan fingerprint density at radius 2 is 1.15 bits per heavy atom. The fourth-order valence-corrected chi connectivity index (χ4v) is 8.99. The molecule has 6 aliphatic rings. The number of hydrogen-bond donors (Lipinski definition) is 1. The number of nitrogens with one attached hydrogen (secondary N) is 1. The van der Waals surface area contributed by atoms with Gasteiger partial charge in [-0.25, -0.2) is 18.8 Å². The quantitative estimate of drug-likeness (QED) is 0.270. The van der Waals surface area contributed by atoms with Gasteiger partial charge in [-0.05, 0) is 84.1 Å². The standard InChI is InChI=1S/C22H24FN3O.C21H22FN3O/c1-25-13-11-22(15-25)14-24-21(27-22)26-12-10-16-4-2-3-5-19(16)20(26)17-6-8-18(23)9-7-17;22-17-7-5-16(6-8-17)19-18-4-2-1-3-15(18)9-12-25(19)20-24-14-21(26-20)10-11-23-13-21/h2-9,20H,10-15H2,1H3;1-8,19,23H,9-14H2/t20-,22+;19-,21-/m00/s1. The Morgan fingerprint density at radius 3 is 1.64 bits per heavy atom. The molecule has 4 aromatic carbocycles. The van der Waals surface area contributed by atoms with Crippen LogP contribution in [0.5, 0.6) is 0 Å². The Hall–Kier alpha value is -4.80. The van der Waals surface area contributed by atoms with Crippen LogP contribution >= 0.6 is 0 Å². The topological polar surface area (TPSA) is 64.9 Å². The smallest absolute Gasteiger partial charge is 0.288 e. The molecule has 0 aliphatic carbocycles. The summed E-state index contributed by atoms with van der Waals surface area (Å²) in [6.45, 7) is 6.94. The molecule has 0 radical (unpaired) electrons. The second-order valence-electron chi connectivity index (χ2n) is 15.4. The van der Waals surface area contributed by atoms with Gasteiger partial charge in [0, 0.05) is 45.6 Å². The molecule has 0 amide bonds. The third kappa shape index (κ3) is 6.56. The molecule has 10 heteroatoms. The SMILES string of the molecule is CN1CC[C@@]2(CN=C(N3CCc4ccccc4[C@@H]3c3ccc(F)cc3)O2)C1.Fc1ccc([C@H]2c3ccccc3CCN2C2=NC[C@@]3(CCNC3)O2)cc1. The molecule has 53 heavy (non-hydrogen) atoms. The van der Waals surface area contributed by atoms with Gasteiger partial charge in [0.2, 0.25) is 0 Å². The molecular formula is C43H46F2N6O2. The lowest BCUT2D eigenvalue weighted by atomic mass is 9.88. The fraction of sp³-hybridized carbons (Fsp3) is 0.395. The highest BCUT2D eigenvalue weighted by Gasteiger charge is 2.47. The molecule has 4 atom stereocenters. The first kappa shape index (κ1) is 34.0. The number of fused-ring (bicyclic) bond motifs is 2. The summed E-state index contributed by atoms with van der Waals surface area (Å²) in [5, 5.41) is 3.38. The van der Waals surface area contributed by atoms with Crippen molar-refractivity contribution in [2.24, 2.45) is 9.98 Å². The van der Waals surface area contributed by atoms with E-state index in [-0.39, 0.29) is 34.9 Å². The minimum Gasteiger partial charge on any atom is -0.455 e. The summed E-state index contributed by atoms with van der Waals surface area (Å²) in [7, 11) is 2.13. The lowest BCUT2D eigenvalue weighted by Gasteiger charge is -2.39. The Labute approximate surface area is 310 Å². The van der Waals surface area contributed by atoms with Crippen molar-refractivity contribution in [1.82, 2.24) is 20.0 Å². The number of benzene rings is 4. The van der Waals surface area contributed by atoms with E-state index in [1.54, 1.807) is 0 Å². The zero-order valence-corrected chi connectivity index (χ0v) is 30.2. The molecule has 4 aromatic rings. The van der Waals surface area contributed by atoms with Gasteiger partial charge in [-0.3, -0.25) is 0 Å². The Balaban J connectivity index is 0.000000141. The van der Waals surface area contributed by atoms with E-state index >= 15 is 0 Å². The van der Waals surface area contributed by atoms with Crippen LogP contribution in [0, 0.1) is 11.6 Å². The number of halogens is 2. The molecule has 2 fully saturated rings. The number of nitrogens with zero attached hydrogens (tertiary/aromatic N) is 5. The van der Waals surface area contributed by atoms with Crippen LogP contribution in [0.2, 0.25) is 0 Å². The third-order valence-corrected chi connectivity index (χ3v) is 11.8. The second-order valence-corrected chi connectivity index (χ2v) is 15.4. The van der Waals surface area contributed by atoms with Crippen LogP contribution in [0.1, 0.15) is 58.3 Å². The van der Waals surface area contributed by atoms with E-state index in [4.69, 9.17) is 19.5 Å². The monoisotopic (exact) mass is 716 g/mol. The molecule has 6 heterocycles. The third-order valence-electron chi connectivity index (χ3n) is 11.8. The van der Waals surface area contributed by atoms with Crippen LogP contribution in [0.4, 0.5) is 8.78 Å². The van der Waals surface area contributed by atoms with Gasteiger partial charge in [0.15, 0.2) is 0 Å². The summed E-state index contributed by atoms with van der Waals surface area (Å²) in [5.41, 5.74) is 6.97. The number of rotatable bonds is 2. The highest BCUT2D eigenvalue weighted by Crippen LogP contribution is 2.40. The molecule has 1 N–H and O–H groups in total.